The lowest BCUT2D eigenvalue weighted by molar-refractivity contribution is -0.117. The predicted molar refractivity (Wildman–Crippen MR) is 77.1 cm³/mol. The van der Waals surface area contributed by atoms with Gasteiger partial charge in [-0.1, -0.05) is 19.3 Å². The molecule has 1 saturated carbocycles. The molecule has 0 saturated heterocycles. The Bertz CT molecular complexity index is 439. The van der Waals surface area contributed by atoms with E-state index in [9.17, 15) is 4.79 Å². The summed E-state index contributed by atoms with van der Waals surface area (Å²) in [5.41, 5.74) is 1.82. The number of hydrogen-bond acceptors (Lipinski definition) is 3. The molecule has 0 radical (unpaired) electrons. The fourth-order valence-corrected chi connectivity index (χ4v) is 2.88. The first-order chi connectivity index (χ1) is 9.13. The molecule has 0 atom stereocenters. The van der Waals surface area contributed by atoms with E-state index in [1.807, 2.05) is 20.0 Å². The van der Waals surface area contributed by atoms with E-state index >= 15 is 0 Å². The number of nitrogens with zero attached hydrogens (tertiary/aromatic N) is 1. The number of anilines is 1. The second-order valence-corrected chi connectivity index (χ2v) is 5.57. The molecule has 19 heavy (non-hydrogen) atoms. The van der Waals surface area contributed by atoms with Crippen molar-refractivity contribution in [3.05, 3.63) is 24.0 Å². The van der Waals surface area contributed by atoms with E-state index in [1.54, 1.807) is 12.4 Å². The van der Waals surface area contributed by atoms with E-state index in [-0.39, 0.29) is 11.4 Å². The van der Waals surface area contributed by atoms with Crippen LogP contribution >= 0.6 is 0 Å². The molecule has 0 aliphatic heterocycles. The standard InChI is InChI=1S/C15H23N3O/c1-12-8-13(11-17-10-12)18-14(19)9-15(16-2)6-4-3-5-7-15/h8,10-11,16H,3-7,9H2,1-2H3,(H,18,19). The monoisotopic (exact) mass is 261 g/mol. The van der Waals surface area contributed by atoms with Gasteiger partial charge in [-0.15, -0.1) is 0 Å². The molecule has 0 aromatic carbocycles. The molecule has 0 unspecified atom stereocenters. The molecular formula is C15H23N3O. The molecule has 4 heteroatoms. The quantitative estimate of drug-likeness (QED) is 0.876. The van der Waals surface area contributed by atoms with Crippen molar-refractivity contribution in [3.8, 4) is 0 Å². The molecule has 1 aromatic heterocycles. The highest BCUT2D eigenvalue weighted by Crippen LogP contribution is 2.31. The summed E-state index contributed by atoms with van der Waals surface area (Å²) in [6, 6.07) is 1.94. The molecule has 2 N–H and O–H groups in total. The first-order valence-corrected chi connectivity index (χ1v) is 7.04. The van der Waals surface area contributed by atoms with Crippen molar-refractivity contribution in [1.82, 2.24) is 10.3 Å². The number of amides is 1. The van der Waals surface area contributed by atoms with Crippen molar-refractivity contribution in [2.24, 2.45) is 0 Å². The summed E-state index contributed by atoms with van der Waals surface area (Å²) in [7, 11) is 1.97. The predicted octanol–water partition coefficient (Wildman–Crippen LogP) is 2.64. The van der Waals surface area contributed by atoms with Gasteiger partial charge in [0.15, 0.2) is 0 Å². The van der Waals surface area contributed by atoms with Gasteiger partial charge in [0, 0.05) is 18.2 Å². The van der Waals surface area contributed by atoms with Crippen molar-refractivity contribution in [2.45, 2.75) is 51.0 Å². The van der Waals surface area contributed by atoms with Gasteiger partial charge < -0.3 is 10.6 Å². The Morgan fingerprint density at radius 2 is 2.05 bits per heavy atom. The summed E-state index contributed by atoms with van der Waals surface area (Å²) in [5.74, 6) is 0.0728. The third kappa shape index (κ3) is 3.77. The van der Waals surface area contributed by atoms with Crippen molar-refractivity contribution < 1.29 is 4.79 Å². The van der Waals surface area contributed by atoms with Crippen LogP contribution in [0.25, 0.3) is 0 Å². The van der Waals surface area contributed by atoms with E-state index < -0.39 is 0 Å². The number of carbonyl (C=O) groups excluding carboxylic acids is 1. The van der Waals surface area contributed by atoms with Gasteiger partial charge in [-0.25, -0.2) is 0 Å². The normalized spacial score (nSPS) is 18.0. The number of pyridine rings is 1. The van der Waals surface area contributed by atoms with E-state index in [0.717, 1.165) is 24.1 Å². The van der Waals surface area contributed by atoms with Gasteiger partial charge in [0.25, 0.3) is 0 Å². The molecule has 2 rings (SSSR count). The summed E-state index contributed by atoms with van der Waals surface area (Å²) in [6.07, 6.45) is 9.89. The van der Waals surface area contributed by atoms with Gasteiger partial charge in [0.1, 0.15) is 0 Å². The van der Waals surface area contributed by atoms with Gasteiger partial charge in [-0.05, 0) is 38.4 Å². The van der Waals surface area contributed by atoms with Crippen LogP contribution in [0.1, 0.15) is 44.1 Å². The summed E-state index contributed by atoms with van der Waals surface area (Å²) in [6.45, 7) is 1.97. The third-order valence-electron chi connectivity index (χ3n) is 4.00. The first-order valence-electron chi connectivity index (χ1n) is 7.04. The zero-order valence-electron chi connectivity index (χ0n) is 11.8. The minimum Gasteiger partial charge on any atom is -0.325 e. The SMILES string of the molecule is CNC1(CC(=O)Nc2cncc(C)c2)CCCCC1. The Kier molecular flexibility index (Phi) is 4.53. The molecule has 1 aliphatic rings. The molecule has 1 heterocycles. The molecule has 1 amide bonds. The van der Waals surface area contributed by atoms with E-state index in [1.165, 1.54) is 19.3 Å². The van der Waals surface area contributed by atoms with Gasteiger partial charge >= 0.3 is 0 Å². The maximum absolute atomic E-state index is 12.2. The number of nitrogens with one attached hydrogen (secondary N) is 2. The molecule has 1 fully saturated rings. The minimum absolute atomic E-state index is 0.0143. The number of hydrogen-bond donors (Lipinski definition) is 2. The van der Waals surface area contributed by atoms with E-state index in [0.29, 0.717) is 6.42 Å². The lowest BCUT2D eigenvalue weighted by Gasteiger charge is -2.36. The highest BCUT2D eigenvalue weighted by molar-refractivity contribution is 5.91. The van der Waals surface area contributed by atoms with Crippen LogP contribution in [0.15, 0.2) is 18.5 Å². The number of carbonyl (C=O) groups is 1. The fourth-order valence-electron chi connectivity index (χ4n) is 2.88. The topological polar surface area (TPSA) is 54.0 Å². The van der Waals surface area contributed by atoms with Crippen LogP contribution in [-0.4, -0.2) is 23.5 Å². The average Bonchev–Trinajstić information content (AvgIpc) is 2.39. The van der Waals surface area contributed by atoms with Crippen LogP contribution in [0, 0.1) is 6.92 Å². The second-order valence-electron chi connectivity index (χ2n) is 5.57. The highest BCUT2D eigenvalue weighted by atomic mass is 16.1. The van der Waals surface area contributed by atoms with E-state index in [2.05, 4.69) is 15.6 Å². The summed E-state index contributed by atoms with van der Waals surface area (Å²) in [4.78, 5) is 16.3. The Hall–Kier alpha value is -1.42. The number of aryl methyl sites for hydroxylation is 1. The van der Waals surface area contributed by atoms with Crippen molar-refractivity contribution in [3.63, 3.8) is 0 Å². The van der Waals surface area contributed by atoms with Gasteiger partial charge in [0.2, 0.25) is 5.91 Å². The van der Waals surface area contributed by atoms with Gasteiger partial charge in [-0.3, -0.25) is 9.78 Å². The second kappa shape index (κ2) is 6.15. The maximum Gasteiger partial charge on any atom is 0.226 e. The van der Waals surface area contributed by atoms with Crippen LogP contribution in [0.2, 0.25) is 0 Å². The first kappa shape index (κ1) is 14.0. The summed E-state index contributed by atoms with van der Waals surface area (Å²) < 4.78 is 0. The molecule has 4 nitrogen and oxygen atoms in total. The van der Waals surface area contributed by atoms with Crippen molar-refractivity contribution in [1.29, 1.82) is 0 Å². The zero-order valence-corrected chi connectivity index (χ0v) is 11.8. The lowest BCUT2D eigenvalue weighted by atomic mass is 9.79. The number of rotatable bonds is 4. The highest BCUT2D eigenvalue weighted by Gasteiger charge is 2.32. The maximum atomic E-state index is 12.2. The van der Waals surface area contributed by atoms with Crippen LogP contribution in [0.3, 0.4) is 0 Å². The van der Waals surface area contributed by atoms with Crippen molar-refractivity contribution in [2.75, 3.05) is 12.4 Å². The molecule has 104 valence electrons. The smallest absolute Gasteiger partial charge is 0.226 e. The third-order valence-corrected chi connectivity index (χ3v) is 4.00. The lowest BCUT2D eigenvalue weighted by Crippen LogP contribution is -2.47. The summed E-state index contributed by atoms with van der Waals surface area (Å²) >= 11 is 0. The number of aromatic nitrogens is 1. The van der Waals surface area contributed by atoms with Crippen LogP contribution in [0.5, 0.6) is 0 Å². The van der Waals surface area contributed by atoms with Gasteiger partial charge in [0.05, 0.1) is 11.9 Å². The van der Waals surface area contributed by atoms with Gasteiger partial charge in [-0.2, -0.15) is 0 Å². The van der Waals surface area contributed by atoms with Crippen molar-refractivity contribution >= 4 is 11.6 Å². The molecule has 1 aliphatic carbocycles. The van der Waals surface area contributed by atoms with Crippen LogP contribution in [0.4, 0.5) is 5.69 Å². The largest absolute Gasteiger partial charge is 0.325 e. The Morgan fingerprint density at radius 3 is 2.68 bits per heavy atom. The summed E-state index contributed by atoms with van der Waals surface area (Å²) in [5, 5.41) is 6.32. The Labute approximate surface area is 115 Å². The minimum atomic E-state index is -0.0143. The fraction of sp³-hybridized carbons (Fsp3) is 0.600. The molecule has 1 aromatic rings. The molecule has 0 bridgehead atoms. The molecule has 0 spiro atoms. The van der Waals surface area contributed by atoms with Crippen LogP contribution in [-0.2, 0) is 4.79 Å². The Morgan fingerprint density at radius 1 is 1.32 bits per heavy atom. The van der Waals surface area contributed by atoms with E-state index in [4.69, 9.17) is 0 Å². The molecular weight excluding hydrogens is 238 g/mol. The van der Waals surface area contributed by atoms with Crippen LogP contribution < -0.4 is 10.6 Å². The zero-order chi connectivity index (χ0) is 13.7. The Balaban J connectivity index is 1.96. The average molecular weight is 261 g/mol.